The van der Waals surface area contributed by atoms with Gasteiger partial charge in [0.1, 0.15) is 12.1 Å². The lowest BCUT2D eigenvalue weighted by atomic mass is 10.2. The molecule has 8 nitrogen and oxygen atoms in total. The Balaban J connectivity index is 1.48. The highest BCUT2D eigenvalue weighted by molar-refractivity contribution is 5.78. The van der Waals surface area contributed by atoms with Crippen molar-refractivity contribution in [3.63, 3.8) is 0 Å². The molecule has 0 atom stereocenters. The average Bonchev–Trinajstić information content (AvgIpc) is 2.62. The first-order chi connectivity index (χ1) is 11.7. The first kappa shape index (κ1) is 16.5. The van der Waals surface area contributed by atoms with E-state index in [0.29, 0.717) is 17.4 Å². The topological polar surface area (TPSA) is 89.3 Å². The lowest BCUT2D eigenvalue weighted by Gasteiger charge is -2.26. The molecule has 2 heterocycles. The van der Waals surface area contributed by atoms with E-state index in [4.69, 9.17) is 4.74 Å². The van der Waals surface area contributed by atoms with Gasteiger partial charge in [-0.1, -0.05) is 17.3 Å². The second-order valence-electron chi connectivity index (χ2n) is 5.73. The molecule has 0 radical (unpaired) electrons. The number of carbonyl (C=O) groups excluding carboxylic acids is 1. The molecular formula is C16H21N5O3. The average molecular weight is 331 g/mol. The number of nitrogens with one attached hydrogen (secondary N) is 1. The van der Waals surface area contributed by atoms with Gasteiger partial charge in [0.25, 0.3) is 5.56 Å². The second-order valence-corrected chi connectivity index (χ2v) is 5.73. The molecule has 1 aromatic carbocycles. The number of benzene rings is 1. The minimum Gasteiger partial charge on any atom is -0.379 e. The third-order valence-corrected chi connectivity index (χ3v) is 4.00. The maximum atomic E-state index is 12.3. The fraction of sp³-hybridized carbons (Fsp3) is 0.500. The SMILES string of the molecule is O=C(Cn1nnc2ccccc2c1=O)NCCCN1CCOCC1. The lowest BCUT2D eigenvalue weighted by molar-refractivity contribution is -0.121. The summed E-state index contributed by atoms with van der Waals surface area (Å²) in [6.07, 6.45) is 0.865. The van der Waals surface area contributed by atoms with Gasteiger partial charge in [0.05, 0.1) is 18.6 Å². The van der Waals surface area contributed by atoms with E-state index in [9.17, 15) is 9.59 Å². The van der Waals surface area contributed by atoms with Crippen LogP contribution in [0.25, 0.3) is 10.9 Å². The molecule has 0 bridgehead atoms. The molecular weight excluding hydrogens is 310 g/mol. The summed E-state index contributed by atoms with van der Waals surface area (Å²) in [5.41, 5.74) is 0.230. The number of aromatic nitrogens is 3. The van der Waals surface area contributed by atoms with Crippen LogP contribution in [0, 0.1) is 0 Å². The molecule has 8 heteroatoms. The molecule has 3 rings (SSSR count). The van der Waals surface area contributed by atoms with Crippen LogP contribution in [0.2, 0.25) is 0 Å². The zero-order chi connectivity index (χ0) is 16.8. The van der Waals surface area contributed by atoms with E-state index in [2.05, 4.69) is 20.5 Å². The molecule has 0 aliphatic carbocycles. The predicted octanol–water partition coefficient (Wildman–Crippen LogP) is -0.370. The molecule has 1 saturated heterocycles. The number of hydrogen-bond acceptors (Lipinski definition) is 6. The highest BCUT2D eigenvalue weighted by Gasteiger charge is 2.11. The number of carbonyl (C=O) groups is 1. The second kappa shape index (κ2) is 7.98. The Bertz CT molecular complexity index is 755. The van der Waals surface area contributed by atoms with Crippen LogP contribution in [0.1, 0.15) is 6.42 Å². The molecule has 0 saturated carbocycles. The van der Waals surface area contributed by atoms with E-state index in [-0.39, 0.29) is 18.0 Å². The molecule has 0 spiro atoms. The first-order valence-corrected chi connectivity index (χ1v) is 8.13. The van der Waals surface area contributed by atoms with Gasteiger partial charge in [-0.15, -0.1) is 5.10 Å². The predicted molar refractivity (Wildman–Crippen MR) is 88.7 cm³/mol. The van der Waals surface area contributed by atoms with E-state index >= 15 is 0 Å². The summed E-state index contributed by atoms with van der Waals surface area (Å²) in [5, 5.41) is 11.1. The van der Waals surface area contributed by atoms with Crippen molar-refractivity contribution >= 4 is 16.8 Å². The summed E-state index contributed by atoms with van der Waals surface area (Å²) in [6.45, 7) is 4.82. The van der Waals surface area contributed by atoms with Gasteiger partial charge in [-0.25, -0.2) is 4.68 Å². The Morgan fingerprint density at radius 3 is 2.88 bits per heavy atom. The van der Waals surface area contributed by atoms with E-state index in [0.717, 1.165) is 44.0 Å². The Hall–Kier alpha value is -2.32. The van der Waals surface area contributed by atoms with E-state index in [1.807, 2.05) is 0 Å². The molecule has 1 fully saturated rings. The fourth-order valence-corrected chi connectivity index (χ4v) is 2.67. The standard InChI is InChI=1S/C16H21N5O3/c22-15(17-6-3-7-20-8-10-24-11-9-20)12-21-16(23)13-4-1-2-5-14(13)18-19-21/h1-2,4-5H,3,6-12H2,(H,17,22). The smallest absolute Gasteiger partial charge is 0.278 e. The highest BCUT2D eigenvalue weighted by atomic mass is 16.5. The van der Waals surface area contributed by atoms with Gasteiger partial charge in [-0.3, -0.25) is 14.5 Å². The van der Waals surface area contributed by atoms with Crippen LogP contribution in [0.4, 0.5) is 0 Å². The van der Waals surface area contributed by atoms with Gasteiger partial charge < -0.3 is 10.1 Å². The van der Waals surface area contributed by atoms with Crippen LogP contribution in [-0.2, 0) is 16.1 Å². The number of rotatable bonds is 6. The van der Waals surface area contributed by atoms with Gasteiger partial charge in [0, 0.05) is 19.6 Å². The molecule has 1 N–H and O–H groups in total. The molecule has 1 amide bonds. The normalized spacial score (nSPS) is 15.5. The van der Waals surface area contributed by atoms with Crippen LogP contribution in [0.5, 0.6) is 0 Å². The highest BCUT2D eigenvalue weighted by Crippen LogP contribution is 2.03. The Morgan fingerprint density at radius 2 is 2.04 bits per heavy atom. The van der Waals surface area contributed by atoms with Gasteiger partial charge in [0.15, 0.2) is 0 Å². The maximum absolute atomic E-state index is 12.3. The van der Waals surface area contributed by atoms with Crippen molar-refractivity contribution in [2.24, 2.45) is 0 Å². The van der Waals surface area contributed by atoms with Crippen molar-refractivity contribution in [1.29, 1.82) is 0 Å². The summed E-state index contributed by atoms with van der Waals surface area (Å²) in [6, 6.07) is 6.96. The number of nitrogens with zero attached hydrogens (tertiary/aromatic N) is 4. The quantitative estimate of drug-likeness (QED) is 0.727. The summed E-state index contributed by atoms with van der Waals surface area (Å²) < 4.78 is 6.39. The largest absolute Gasteiger partial charge is 0.379 e. The van der Waals surface area contributed by atoms with Crippen LogP contribution in [0.3, 0.4) is 0 Å². The maximum Gasteiger partial charge on any atom is 0.278 e. The Morgan fingerprint density at radius 1 is 1.25 bits per heavy atom. The van der Waals surface area contributed by atoms with Crippen molar-refractivity contribution in [1.82, 2.24) is 25.2 Å². The number of amides is 1. The number of hydrogen-bond donors (Lipinski definition) is 1. The van der Waals surface area contributed by atoms with Gasteiger partial charge >= 0.3 is 0 Å². The van der Waals surface area contributed by atoms with Crippen molar-refractivity contribution in [2.75, 3.05) is 39.4 Å². The Labute approximate surface area is 139 Å². The van der Waals surface area contributed by atoms with Crippen LogP contribution < -0.4 is 10.9 Å². The molecule has 1 aliphatic heterocycles. The molecule has 24 heavy (non-hydrogen) atoms. The zero-order valence-electron chi connectivity index (χ0n) is 13.5. The number of ether oxygens (including phenoxy) is 1. The third-order valence-electron chi connectivity index (χ3n) is 4.00. The molecule has 1 aromatic heterocycles. The summed E-state index contributed by atoms with van der Waals surface area (Å²) in [5.74, 6) is -0.233. The first-order valence-electron chi connectivity index (χ1n) is 8.13. The minimum atomic E-state index is -0.302. The lowest BCUT2D eigenvalue weighted by Crippen LogP contribution is -2.39. The fourth-order valence-electron chi connectivity index (χ4n) is 2.67. The van der Waals surface area contributed by atoms with Gasteiger partial charge in [-0.2, -0.15) is 0 Å². The minimum absolute atomic E-state index is 0.117. The number of fused-ring (bicyclic) bond motifs is 1. The molecule has 128 valence electrons. The van der Waals surface area contributed by atoms with Crippen LogP contribution in [-0.4, -0.2) is 65.2 Å². The van der Waals surface area contributed by atoms with Crippen molar-refractivity contribution in [3.05, 3.63) is 34.6 Å². The van der Waals surface area contributed by atoms with Crippen LogP contribution in [0.15, 0.2) is 29.1 Å². The van der Waals surface area contributed by atoms with Crippen molar-refractivity contribution in [2.45, 2.75) is 13.0 Å². The molecule has 0 unspecified atom stereocenters. The number of morpholine rings is 1. The van der Waals surface area contributed by atoms with Gasteiger partial charge in [0.2, 0.25) is 5.91 Å². The third kappa shape index (κ3) is 4.15. The van der Waals surface area contributed by atoms with Gasteiger partial charge in [-0.05, 0) is 25.1 Å². The molecule has 2 aromatic rings. The molecule has 1 aliphatic rings. The monoisotopic (exact) mass is 331 g/mol. The van der Waals surface area contributed by atoms with E-state index in [1.54, 1.807) is 24.3 Å². The van der Waals surface area contributed by atoms with E-state index in [1.165, 1.54) is 0 Å². The summed E-state index contributed by atoms with van der Waals surface area (Å²) in [7, 11) is 0. The summed E-state index contributed by atoms with van der Waals surface area (Å²) in [4.78, 5) is 26.6. The Kier molecular flexibility index (Phi) is 5.50. The van der Waals surface area contributed by atoms with E-state index < -0.39 is 0 Å². The van der Waals surface area contributed by atoms with Crippen molar-refractivity contribution < 1.29 is 9.53 Å². The van der Waals surface area contributed by atoms with Crippen molar-refractivity contribution in [3.8, 4) is 0 Å². The zero-order valence-corrected chi connectivity index (χ0v) is 13.5. The van der Waals surface area contributed by atoms with Crippen LogP contribution >= 0.6 is 0 Å². The summed E-state index contributed by atoms with van der Waals surface area (Å²) >= 11 is 0.